The van der Waals surface area contributed by atoms with Gasteiger partial charge in [-0.15, -0.1) is 0 Å². The smallest absolute Gasteiger partial charge is 0.343 e. The highest BCUT2D eigenvalue weighted by molar-refractivity contribution is 8.78. The quantitative estimate of drug-likeness (QED) is 0.215. The fraction of sp³-hybridized carbons (Fsp3) is 0.286. The Morgan fingerprint density at radius 3 is 2.79 bits per heavy atom. The van der Waals surface area contributed by atoms with Gasteiger partial charge in [-0.2, -0.15) is 4.40 Å². The van der Waals surface area contributed by atoms with Gasteiger partial charge in [0.15, 0.2) is 11.0 Å². The lowest BCUT2D eigenvalue weighted by atomic mass is 10.1. The van der Waals surface area contributed by atoms with Crippen LogP contribution < -0.4 is 0 Å². The summed E-state index contributed by atoms with van der Waals surface area (Å²) < 4.78 is 8.57. The van der Waals surface area contributed by atoms with Crippen LogP contribution in [0.4, 0.5) is 0 Å². The van der Waals surface area contributed by atoms with Crippen LogP contribution >= 0.6 is 33.4 Å². The number of hydrogen-bond donors (Lipinski definition) is 0. The van der Waals surface area contributed by atoms with Gasteiger partial charge in [-0.3, -0.25) is 4.79 Å². The van der Waals surface area contributed by atoms with Gasteiger partial charge in [0.05, 0.1) is 22.5 Å². The Balaban J connectivity index is 2.43. The first-order valence-electron chi connectivity index (χ1n) is 3.72. The second-order valence-electron chi connectivity index (χ2n) is 2.55. The van der Waals surface area contributed by atoms with Gasteiger partial charge in [0.2, 0.25) is 0 Å². The van der Waals surface area contributed by atoms with Gasteiger partial charge >= 0.3 is 5.97 Å². The topological polar surface area (TPSA) is 55.7 Å². The van der Waals surface area contributed by atoms with E-state index in [1.807, 2.05) is 0 Å². The molecule has 14 heavy (non-hydrogen) atoms. The fourth-order valence-corrected chi connectivity index (χ4v) is 3.42. The summed E-state index contributed by atoms with van der Waals surface area (Å²) >= 11 is 5.73. The highest BCUT2D eigenvalue weighted by Crippen LogP contribution is 2.43. The van der Waals surface area contributed by atoms with Crippen LogP contribution in [0.1, 0.15) is 6.42 Å². The number of allylic oxidation sites excluding steroid dienone is 1. The number of esters is 1. The summed E-state index contributed by atoms with van der Waals surface area (Å²) in [5.41, 5.74) is 0.0417. The van der Waals surface area contributed by atoms with E-state index < -0.39 is 5.97 Å². The van der Waals surface area contributed by atoms with E-state index in [9.17, 15) is 9.59 Å². The number of carbonyl (C=O) groups excluding carboxylic acids is 2. The number of Topliss-reactive ketones (excluding diaryl/α,β-unsaturated/α-hetero) is 1. The summed E-state index contributed by atoms with van der Waals surface area (Å²) in [6, 6.07) is 0. The van der Waals surface area contributed by atoms with Crippen LogP contribution in [0, 0.1) is 0 Å². The zero-order valence-corrected chi connectivity index (χ0v) is 9.17. The van der Waals surface area contributed by atoms with Crippen molar-refractivity contribution < 1.29 is 14.3 Å². The van der Waals surface area contributed by atoms with Crippen molar-refractivity contribution in [2.24, 2.45) is 4.40 Å². The highest BCUT2D eigenvalue weighted by atomic mass is 35.5. The number of ketones is 1. The number of nitrogens with zero attached hydrogens (tertiary/aromatic N) is 1. The Kier molecular flexibility index (Phi) is 2.85. The van der Waals surface area contributed by atoms with Gasteiger partial charge in [0.25, 0.3) is 0 Å². The Morgan fingerprint density at radius 2 is 2.21 bits per heavy atom. The molecule has 0 N–H and O–H groups in total. The lowest BCUT2D eigenvalue weighted by Gasteiger charge is -2.13. The molecule has 0 aromatic rings. The number of rotatable bonds is 0. The lowest BCUT2D eigenvalue weighted by molar-refractivity contribution is -0.144. The second kappa shape index (κ2) is 3.96. The third-order valence-electron chi connectivity index (χ3n) is 1.70. The van der Waals surface area contributed by atoms with Gasteiger partial charge in [0, 0.05) is 6.42 Å². The summed E-state index contributed by atoms with van der Waals surface area (Å²) in [6.07, 6.45) is 0.222. The van der Waals surface area contributed by atoms with Crippen LogP contribution in [0.25, 0.3) is 0 Å². The maximum atomic E-state index is 11.4. The van der Waals surface area contributed by atoms with Crippen molar-refractivity contribution in [1.29, 1.82) is 0 Å². The Bertz CT molecular complexity index is 359. The zero-order chi connectivity index (χ0) is 10.1. The number of ether oxygens (including phenoxy) is 1. The molecule has 0 radical (unpaired) electrons. The minimum Gasteiger partial charge on any atom is -0.461 e. The second-order valence-corrected chi connectivity index (χ2v) is 4.76. The van der Waals surface area contributed by atoms with Gasteiger partial charge in [0.1, 0.15) is 5.57 Å². The molecule has 0 bridgehead atoms. The minimum absolute atomic E-state index is 0.0417. The Hall–Kier alpha value is -0.460. The summed E-state index contributed by atoms with van der Waals surface area (Å²) in [6.45, 7) is 0.154. The van der Waals surface area contributed by atoms with Crippen molar-refractivity contribution in [2.45, 2.75) is 6.42 Å². The first-order chi connectivity index (χ1) is 6.70. The maximum absolute atomic E-state index is 11.4. The van der Waals surface area contributed by atoms with Crippen molar-refractivity contribution in [3.8, 4) is 0 Å². The van der Waals surface area contributed by atoms with E-state index in [0.717, 1.165) is 11.0 Å². The van der Waals surface area contributed by atoms with E-state index in [2.05, 4.69) is 4.40 Å². The molecule has 4 nitrogen and oxygen atoms in total. The molecule has 0 aliphatic carbocycles. The first-order valence-corrected chi connectivity index (χ1v) is 6.21. The molecule has 2 aliphatic rings. The van der Waals surface area contributed by atoms with Gasteiger partial charge in [-0.25, -0.2) is 4.79 Å². The van der Waals surface area contributed by atoms with Gasteiger partial charge < -0.3 is 4.74 Å². The molecule has 2 heterocycles. The van der Waals surface area contributed by atoms with Crippen molar-refractivity contribution in [2.75, 3.05) is 6.61 Å². The first kappa shape index (κ1) is 10.1. The molecule has 0 aromatic carbocycles. The van der Waals surface area contributed by atoms with Crippen molar-refractivity contribution in [3.05, 3.63) is 10.5 Å². The monoisotopic (exact) mass is 249 g/mol. The molecule has 2 rings (SSSR count). The van der Waals surface area contributed by atoms with E-state index in [0.29, 0.717) is 4.91 Å². The SMILES string of the molecule is O=C1CCOC(=O)/C1=C1/SSN=C1Cl. The molecule has 0 amide bonds. The number of hydrogen-bond acceptors (Lipinski definition) is 6. The summed E-state index contributed by atoms with van der Waals surface area (Å²) in [5.74, 6) is -0.820. The Morgan fingerprint density at radius 1 is 1.43 bits per heavy atom. The lowest BCUT2D eigenvalue weighted by Crippen LogP contribution is -2.25. The van der Waals surface area contributed by atoms with E-state index in [4.69, 9.17) is 16.3 Å². The summed E-state index contributed by atoms with van der Waals surface area (Å²) in [7, 11) is 2.35. The summed E-state index contributed by atoms with van der Waals surface area (Å²) in [5, 5.41) is 0.196. The van der Waals surface area contributed by atoms with E-state index in [1.54, 1.807) is 0 Å². The molecule has 0 aromatic heterocycles. The molecule has 0 atom stereocenters. The number of carbonyl (C=O) groups is 2. The molecule has 74 valence electrons. The minimum atomic E-state index is -0.598. The van der Waals surface area contributed by atoms with Crippen molar-refractivity contribution in [3.63, 3.8) is 0 Å². The third-order valence-corrected chi connectivity index (χ3v) is 4.03. The van der Waals surface area contributed by atoms with Gasteiger partial charge in [-0.05, 0) is 10.8 Å². The predicted octanol–water partition coefficient (Wildman–Crippen LogP) is 1.70. The Labute approximate surface area is 92.6 Å². The maximum Gasteiger partial charge on any atom is 0.343 e. The molecule has 0 spiro atoms. The molecule has 2 aliphatic heterocycles. The number of cyclic esters (lactones) is 1. The van der Waals surface area contributed by atoms with Crippen LogP contribution in [0.3, 0.4) is 0 Å². The van der Waals surface area contributed by atoms with Crippen LogP contribution in [-0.2, 0) is 14.3 Å². The standard InChI is InChI=1S/C7H4ClNO3S2/c8-6-5(13-14-9-6)4-3(10)1-2-12-7(4)11/h1-2H2/b5-4+. The van der Waals surface area contributed by atoms with Crippen molar-refractivity contribution in [1.82, 2.24) is 0 Å². The van der Waals surface area contributed by atoms with Crippen LogP contribution in [0.2, 0.25) is 0 Å². The average molecular weight is 250 g/mol. The molecular weight excluding hydrogens is 246 g/mol. The fourth-order valence-electron chi connectivity index (χ4n) is 1.08. The zero-order valence-electron chi connectivity index (χ0n) is 6.78. The molecule has 0 unspecified atom stereocenters. The predicted molar refractivity (Wildman–Crippen MR) is 56.1 cm³/mol. The van der Waals surface area contributed by atoms with Crippen molar-refractivity contribution >= 4 is 50.3 Å². The molecule has 7 heteroatoms. The molecule has 0 saturated carbocycles. The van der Waals surface area contributed by atoms with E-state index in [-0.39, 0.29) is 29.6 Å². The number of halogens is 1. The largest absolute Gasteiger partial charge is 0.461 e. The molecule has 1 fully saturated rings. The normalized spacial score (nSPS) is 27.6. The van der Waals surface area contributed by atoms with E-state index >= 15 is 0 Å². The highest BCUT2D eigenvalue weighted by Gasteiger charge is 2.32. The molecular formula is C7H4ClNO3S2. The molecule has 1 saturated heterocycles. The van der Waals surface area contributed by atoms with Crippen LogP contribution in [-0.4, -0.2) is 23.5 Å². The van der Waals surface area contributed by atoms with Crippen LogP contribution in [0.15, 0.2) is 14.9 Å². The third kappa shape index (κ3) is 1.69. The summed E-state index contributed by atoms with van der Waals surface area (Å²) in [4.78, 5) is 23.2. The average Bonchev–Trinajstić information content (AvgIpc) is 2.52. The van der Waals surface area contributed by atoms with E-state index in [1.165, 1.54) is 10.8 Å². The van der Waals surface area contributed by atoms with Crippen LogP contribution in [0.5, 0.6) is 0 Å². The van der Waals surface area contributed by atoms with Gasteiger partial charge in [-0.1, -0.05) is 11.6 Å².